The minimum atomic E-state index is -0.590. The van der Waals surface area contributed by atoms with Gasteiger partial charge in [0.15, 0.2) is 0 Å². The molecule has 0 aliphatic rings. The lowest BCUT2D eigenvalue weighted by atomic mass is 10.3. The van der Waals surface area contributed by atoms with Crippen molar-refractivity contribution in [2.24, 2.45) is 5.18 Å². The van der Waals surface area contributed by atoms with E-state index in [1.807, 2.05) is 6.07 Å². The lowest BCUT2D eigenvalue weighted by Gasteiger charge is -2.06. The molecule has 0 fully saturated rings. The third kappa shape index (κ3) is 3.15. The highest BCUT2D eigenvalue weighted by Gasteiger charge is 2.04. The summed E-state index contributed by atoms with van der Waals surface area (Å²) in [6, 6.07) is 14.9. The lowest BCUT2D eigenvalue weighted by Crippen LogP contribution is -2.16. The molecule has 0 saturated carbocycles. The molecular weight excluding hydrogens is 232 g/mol. The van der Waals surface area contributed by atoms with Gasteiger partial charge in [-0.1, -0.05) is 18.2 Å². The molecule has 2 aromatic rings. The van der Waals surface area contributed by atoms with Crippen molar-refractivity contribution in [1.82, 2.24) is 0 Å². The molecule has 90 valence electrons. The smallest absolute Gasteiger partial charge is 0.410 e. The predicted molar refractivity (Wildman–Crippen MR) is 68.0 cm³/mol. The number of benzene rings is 2. The second-order valence-electron chi connectivity index (χ2n) is 3.47. The Labute approximate surface area is 103 Å². The van der Waals surface area contributed by atoms with Crippen LogP contribution >= 0.6 is 0 Å². The fourth-order valence-electron chi connectivity index (χ4n) is 1.35. The monoisotopic (exact) mass is 242 g/mol. The van der Waals surface area contributed by atoms with E-state index in [2.05, 4.69) is 10.5 Å². The number of hydrogen-bond donors (Lipinski definition) is 1. The first kappa shape index (κ1) is 11.8. The summed E-state index contributed by atoms with van der Waals surface area (Å²) in [4.78, 5) is 21.7. The van der Waals surface area contributed by atoms with Crippen molar-refractivity contribution in [3.8, 4) is 5.75 Å². The average molecular weight is 242 g/mol. The number of hydrogen-bond acceptors (Lipinski definition) is 4. The first-order valence-electron chi connectivity index (χ1n) is 5.25. The number of amides is 1. The van der Waals surface area contributed by atoms with E-state index in [0.29, 0.717) is 11.4 Å². The van der Waals surface area contributed by atoms with E-state index >= 15 is 0 Å². The van der Waals surface area contributed by atoms with Gasteiger partial charge in [0.1, 0.15) is 11.4 Å². The van der Waals surface area contributed by atoms with Crippen molar-refractivity contribution in [3.05, 3.63) is 59.5 Å². The van der Waals surface area contributed by atoms with Gasteiger partial charge in [-0.25, -0.2) is 4.79 Å². The van der Waals surface area contributed by atoms with E-state index in [1.165, 1.54) is 24.3 Å². The predicted octanol–water partition coefficient (Wildman–Crippen LogP) is 3.70. The van der Waals surface area contributed by atoms with Gasteiger partial charge in [-0.2, -0.15) is 0 Å². The van der Waals surface area contributed by atoms with Crippen LogP contribution in [0.2, 0.25) is 0 Å². The average Bonchev–Trinajstić information content (AvgIpc) is 2.40. The van der Waals surface area contributed by atoms with Gasteiger partial charge >= 0.3 is 6.09 Å². The number of nitrogens with zero attached hydrogens (tertiary/aromatic N) is 1. The quantitative estimate of drug-likeness (QED) is 0.834. The highest BCUT2D eigenvalue weighted by atomic mass is 16.6. The van der Waals surface area contributed by atoms with Crippen LogP contribution in [0.1, 0.15) is 0 Å². The van der Waals surface area contributed by atoms with Crippen LogP contribution in [-0.4, -0.2) is 6.09 Å². The van der Waals surface area contributed by atoms with Gasteiger partial charge in [-0.3, -0.25) is 5.32 Å². The Hall–Kier alpha value is -2.69. The van der Waals surface area contributed by atoms with Crippen LogP contribution in [0.25, 0.3) is 0 Å². The summed E-state index contributed by atoms with van der Waals surface area (Å²) in [6.07, 6.45) is -0.590. The van der Waals surface area contributed by atoms with Crippen LogP contribution in [0.15, 0.2) is 59.8 Å². The van der Waals surface area contributed by atoms with Gasteiger partial charge in [0.05, 0.1) is 0 Å². The summed E-state index contributed by atoms with van der Waals surface area (Å²) in [7, 11) is 0. The Bertz CT molecular complexity index is 538. The van der Waals surface area contributed by atoms with Gasteiger partial charge in [0, 0.05) is 5.69 Å². The van der Waals surface area contributed by atoms with Gasteiger partial charge in [-0.15, -0.1) is 4.91 Å². The van der Waals surface area contributed by atoms with Gasteiger partial charge in [0.2, 0.25) is 0 Å². The molecule has 5 heteroatoms. The van der Waals surface area contributed by atoms with Crippen molar-refractivity contribution in [3.63, 3.8) is 0 Å². The molecule has 2 rings (SSSR count). The molecule has 0 aliphatic carbocycles. The first-order valence-corrected chi connectivity index (χ1v) is 5.25. The molecule has 0 spiro atoms. The summed E-state index contributed by atoms with van der Waals surface area (Å²) in [6.45, 7) is 0. The Morgan fingerprint density at radius 1 is 1.00 bits per heavy atom. The molecule has 0 aromatic heterocycles. The molecule has 0 aliphatic heterocycles. The standard InChI is InChI=1S/C13H10N2O3/c16-13(14-10-4-2-1-3-5-10)18-12-8-6-11(15-17)7-9-12/h1-9H,(H,14,16). The zero-order valence-corrected chi connectivity index (χ0v) is 9.37. The minimum absolute atomic E-state index is 0.283. The molecule has 0 unspecified atom stereocenters. The normalized spacial score (nSPS) is 9.56. The van der Waals surface area contributed by atoms with Crippen molar-refractivity contribution in [2.75, 3.05) is 5.32 Å². The SMILES string of the molecule is O=Nc1ccc(OC(=O)Nc2ccccc2)cc1. The summed E-state index contributed by atoms with van der Waals surface area (Å²) < 4.78 is 5.02. The maximum atomic E-state index is 11.5. The van der Waals surface area contributed by atoms with Crippen molar-refractivity contribution >= 4 is 17.5 Å². The highest BCUT2D eigenvalue weighted by molar-refractivity contribution is 5.86. The number of nitroso groups, excluding NO2 is 1. The topological polar surface area (TPSA) is 67.8 Å². The highest BCUT2D eigenvalue weighted by Crippen LogP contribution is 2.18. The van der Waals surface area contributed by atoms with Crippen LogP contribution < -0.4 is 10.1 Å². The van der Waals surface area contributed by atoms with Gasteiger partial charge in [0.25, 0.3) is 0 Å². The zero-order chi connectivity index (χ0) is 12.8. The molecule has 1 N–H and O–H groups in total. The second kappa shape index (κ2) is 5.58. The summed E-state index contributed by atoms with van der Waals surface area (Å²) in [5.41, 5.74) is 0.930. The fraction of sp³-hybridized carbons (Fsp3) is 0. The second-order valence-corrected chi connectivity index (χ2v) is 3.47. The number of anilines is 1. The molecule has 0 radical (unpaired) electrons. The largest absolute Gasteiger partial charge is 0.417 e. The van der Waals surface area contributed by atoms with E-state index < -0.39 is 6.09 Å². The Morgan fingerprint density at radius 3 is 2.28 bits per heavy atom. The molecule has 0 heterocycles. The third-order valence-electron chi connectivity index (χ3n) is 2.17. The van der Waals surface area contributed by atoms with Gasteiger partial charge in [-0.05, 0) is 41.6 Å². The van der Waals surface area contributed by atoms with Crippen LogP contribution in [0, 0.1) is 4.91 Å². The summed E-state index contributed by atoms with van der Waals surface area (Å²) in [5.74, 6) is 0.343. The molecule has 5 nitrogen and oxygen atoms in total. The van der Waals surface area contributed by atoms with Crippen molar-refractivity contribution in [2.45, 2.75) is 0 Å². The number of rotatable bonds is 3. The van der Waals surface area contributed by atoms with Crippen LogP contribution in [0.5, 0.6) is 5.75 Å². The number of ether oxygens (including phenoxy) is 1. The van der Waals surface area contributed by atoms with E-state index in [-0.39, 0.29) is 5.69 Å². The molecule has 2 aromatic carbocycles. The molecular formula is C13H10N2O3. The number of carbonyl (C=O) groups is 1. The van der Waals surface area contributed by atoms with E-state index in [0.717, 1.165) is 0 Å². The van der Waals surface area contributed by atoms with Crippen LogP contribution in [-0.2, 0) is 0 Å². The first-order chi connectivity index (χ1) is 8.78. The van der Waals surface area contributed by atoms with E-state index in [4.69, 9.17) is 4.74 Å². The minimum Gasteiger partial charge on any atom is -0.410 e. The molecule has 0 saturated heterocycles. The summed E-state index contributed by atoms with van der Waals surface area (Å²) in [5, 5.41) is 5.33. The van der Waals surface area contributed by atoms with Crippen molar-refractivity contribution in [1.29, 1.82) is 0 Å². The number of carbonyl (C=O) groups excluding carboxylic acids is 1. The molecule has 0 atom stereocenters. The molecule has 18 heavy (non-hydrogen) atoms. The fourth-order valence-corrected chi connectivity index (χ4v) is 1.35. The molecule has 0 bridgehead atoms. The molecule has 1 amide bonds. The van der Waals surface area contributed by atoms with Crippen LogP contribution in [0.4, 0.5) is 16.2 Å². The van der Waals surface area contributed by atoms with Crippen molar-refractivity contribution < 1.29 is 9.53 Å². The lowest BCUT2D eigenvalue weighted by molar-refractivity contribution is 0.215. The maximum Gasteiger partial charge on any atom is 0.417 e. The van der Waals surface area contributed by atoms with E-state index in [9.17, 15) is 9.70 Å². The Morgan fingerprint density at radius 2 is 1.67 bits per heavy atom. The van der Waals surface area contributed by atoms with Crippen LogP contribution in [0.3, 0.4) is 0 Å². The third-order valence-corrected chi connectivity index (χ3v) is 2.17. The van der Waals surface area contributed by atoms with Gasteiger partial charge < -0.3 is 4.74 Å². The maximum absolute atomic E-state index is 11.5. The Kier molecular flexibility index (Phi) is 3.66. The number of nitrogens with one attached hydrogen (secondary N) is 1. The van der Waals surface area contributed by atoms with E-state index in [1.54, 1.807) is 24.3 Å². The Balaban J connectivity index is 1.96. The zero-order valence-electron chi connectivity index (χ0n) is 9.37. The number of para-hydroxylation sites is 1. The summed E-state index contributed by atoms with van der Waals surface area (Å²) >= 11 is 0.